The SMILES string of the molecule is O=C(O)C1CN(Cc2csc(-c3cccs3)n2)C2(CCCC2)C1. The average Bonchev–Trinajstić information content (AvgIpc) is 3.29. The van der Waals surface area contributed by atoms with Crippen molar-refractivity contribution in [3.05, 3.63) is 28.6 Å². The Bertz CT molecular complexity index is 689. The number of carboxylic acids is 1. The molecule has 4 rings (SSSR count). The van der Waals surface area contributed by atoms with E-state index in [1.807, 2.05) is 6.07 Å². The first-order valence-electron chi connectivity index (χ1n) is 8.12. The summed E-state index contributed by atoms with van der Waals surface area (Å²) >= 11 is 3.40. The van der Waals surface area contributed by atoms with Gasteiger partial charge < -0.3 is 5.11 Å². The minimum Gasteiger partial charge on any atom is -0.481 e. The fraction of sp³-hybridized carbons (Fsp3) is 0.529. The summed E-state index contributed by atoms with van der Waals surface area (Å²) in [6.07, 6.45) is 5.53. The monoisotopic (exact) mass is 348 g/mol. The Morgan fingerprint density at radius 3 is 2.91 bits per heavy atom. The van der Waals surface area contributed by atoms with Crippen molar-refractivity contribution in [2.75, 3.05) is 6.54 Å². The number of carboxylic acid groups (broad SMARTS) is 1. The van der Waals surface area contributed by atoms with E-state index in [9.17, 15) is 9.90 Å². The molecule has 2 aromatic rings. The molecule has 0 radical (unpaired) electrons. The molecule has 1 aliphatic carbocycles. The van der Waals surface area contributed by atoms with Gasteiger partial charge in [-0.2, -0.15) is 0 Å². The van der Waals surface area contributed by atoms with E-state index in [1.54, 1.807) is 22.7 Å². The molecule has 1 aliphatic heterocycles. The number of likely N-dealkylation sites (tertiary alicyclic amines) is 1. The average molecular weight is 348 g/mol. The lowest BCUT2D eigenvalue weighted by atomic mass is 9.90. The quantitative estimate of drug-likeness (QED) is 0.904. The molecule has 4 nitrogen and oxygen atoms in total. The van der Waals surface area contributed by atoms with Crippen LogP contribution >= 0.6 is 22.7 Å². The van der Waals surface area contributed by atoms with Crippen LogP contribution in [0.1, 0.15) is 37.8 Å². The van der Waals surface area contributed by atoms with Gasteiger partial charge in [-0.3, -0.25) is 9.69 Å². The van der Waals surface area contributed by atoms with Crippen molar-refractivity contribution in [3.8, 4) is 9.88 Å². The van der Waals surface area contributed by atoms with Crippen molar-refractivity contribution in [2.24, 2.45) is 5.92 Å². The van der Waals surface area contributed by atoms with E-state index in [-0.39, 0.29) is 11.5 Å². The van der Waals surface area contributed by atoms with Gasteiger partial charge in [-0.1, -0.05) is 18.9 Å². The summed E-state index contributed by atoms with van der Waals surface area (Å²) in [5.41, 5.74) is 1.19. The Kier molecular flexibility index (Phi) is 3.99. The number of hydrogen-bond acceptors (Lipinski definition) is 5. The lowest BCUT2D eigenvalue weighted by Gasteiger charge is -2.34. The third-order valence-corrected chi connectivity index (χ3v) is 7.19. The Hall–Kier alpha value is -1.24. The zero-order valence-corrected chi connectivity index (χ0v) is 14.5. The lowest BCUT2D eigenvalue weighted by molar-refractivity contribution is -0.141. The van der Waals surface area contributed by atoms with E-state index in [0.717, 1.165) is 36.5 Å². The van der Waals surface area contributed by atoms with Gasteiger partial charge in [-0.25, -0.2) is 4.98 Å². The van der Waals surface area contributed by atoms with Gasteiger partial charge in [0, 0.05) is 24.0 Å². The van der Waals surface area contributed by atoms with Crippen LogP contribution in [0.25, 0.3) is 9.88 Å². The van der Waals surface area contributed by atoms with Crippen molar-refractivity contribution >= 4 is 28.6 Å². The molecule has 1 saturated heterocycles. The van der Waals surface area contributed by atoms with E-state index in [2.05, 4.69) is 21.7 Å². The number of aromatic nitrogens is 1. The summed E-state index contributed by atoms with van der Waals surface area (Å²) in [4.78, 5) is 19.9. The van der Waals surface area contributed by atoms with Gasteiger partial charge in [-0.05, 0) is 30.7 Å². The van der Waals surface area contributed by atoms with Crippen LogP contribution in [0.4, 0.5) is 0 Å². The molecule has 2 aromatic heterocycles. The van der Waals surface area contributed by atoms with Gasteiger partial charge in [0.1, 0.15) is 5.01 Å². The van der Waals surface area contributed by atoms with Crippen molar-refractivity contribution < 1.29 is 9.90 Å². The van der Waals surface area contributed by atoms with E-state index in [4.69, 9.17) is 4.98 Å². The van der Waals surface area contributed by atoms with Gasteiger partial charge in [0.15, 0.2) is 0 Å². The normalized spacial score (nSPS) is 23.7. The lowest BCUT2D eigenvalue weighted by Crippen LogP contribution is -2.40. The predicted molar refractivity (Wildman–Crippen MR) is 92.8 cm³/mol. The topological polar surface area (TPSA) is 53.4 Å². The van der Waals surface area contributed by atoms with Crippen molar-refractivity contribution in [3.63, 3.8) is 0 Å². The molecule has 0 aromatic carbocycles. The molecule has 0 amide bonds. The first-order chi connectivity index (χ1) is 11.2. The molecule has 6 heteroatoms. The van der Waals surface area contributed by atoms with Crippen molar-refractivity contribution in [1.29, 1.82) is 0 Å². The second kappa shape index (κ2) is 6.00. The summed E-state index contributed by atoms with van der Waals surface area (Å²) in [7, 11) is 0. The van der Waals surface area contributed by atoms with Gasteiger partial charge >= 0.3 is 5.97 Å². The molecule has 1 N–H and O–H groups in total. The molecule has 2 aliphatic rings. The Labute approximate surface area is 143 Å². The molecule has 122 valence electrons. The van der Waals surface area contributed by atoms with Crippen LogP contribution in [0, 0.1) is 5.92 Å². The zero-order chi connectivity index (χ0) is 15.9. The molecular weight excluding hydrogens is 328 g/mol. The zero-order valence-electron chi connectivity index (χ0n) is 12.9. The van der Waals surface area contributed by atoms with Gasteiger partial charge in [-0.15, -0.1) is 22.7 Å². The third kappa shape index (κ3) is 2.84. The van der Waals surface area contributed by atoms with Crippen LogP contribution in [0.2, 0.25) is 0 Å². The molecule has 1 atom stereocenters. The standard InChI is InChI=1S/C17H20N2O2S2/c20-16(21)12-8-17(5-1-2-6-17)19(9-12)10-13-11-23-15(18-13)14-4-3-7-22-14/h3-4,7,11-12H,1-2,5-6,8-10H2,(H,20,21). The second-order valence-corrected chi connectivity index (χ2v) is 8.48. The molecule has 1 spiro atoms. The summed E-state index contributed by atoms with van der Waals surface area (Å²) < 4.78 is 0. The van der Waals surface area contributed by atoms with E-state index in [1.165, 1.54) is 17.7 Å². The summed E-state index contributed by atoms with van der Waals surface area (Å²) in [5, 5.41) is 14.7. The summed E-state index contributed by atoms with van der Waals surface area (Å²) in [5.74, 6) is -0.861. The Balaban J connectivity index is 1.54. The van der Waals surface area contributed by atoms with Gasteiger partial charge in [0.2, 0.25) is 0 Å². The molecular formula is C17H20N2O2S2. The van der Waals surface area contributed by atoms with Crippen LogP contribution in [-0.4, -0.2) is 33.0 Å². The first-order valence-corrected chi connectivity index (χ1v) is 9.88. The molecule has 3 heterocycles. The Morgan fingerprint density at radius 1 is 1.39 bits per heavy atom. The highest BCUT2D eigenvalue weighted by molar-refractivity contribution is 7.20. The number of aliphatic carboxylic acids is 1. The van der Waals surface area contributed by atoms with Crippen molar-refractivity contribution in [1.82, 2.24) is 9.88 Å². The molecule has 2 fully saturated rings. The smallest absolute Gasteiger partial charge is 0.307 e. The van der Waals surface area contributed by atoms with E-state index < -0.39 is 5.97 Å². The van der Waals surface area contributed by atoms with Crippen LogP contribution < -0.4 is 0 Å². The van der Waals surface area contributed by atoms with Crippen molar-refractivity contribution in [2.45, 2.75) is 44.2 Å². The maximum absolute atomic E-state index is 11.5. The number of thiophene rings is 1. The molecule has 1 saturated carbocycles. The third-order valence-electron chi connectivity index (χ3n) is 5.26. The largest absolute Gasteiger partial charge is 0.481 e. The van der Waals surface area contributed by atoms with Crippen LogP contribution in [-0.2, 0) is 11.3 Å². The first kappa shape index (κ1) is 15.3. The summed E-state index contributed by atoms with van der Waals surface area (Å²) in [6.45, 7) is 1.45. The number of hydrogen-bond donors (Lipinski definition) is 1. The number of rotatable bonds is 4. The van der Waals surface area contributed by atoms with Crippen LogP contribution in [0.3, 0.4) is 0 Å². The number of nitrogens with zero attached hydrogens (tertiary/aromatic N) is 2. The second-order valence-electron chi connectivity index (χ2n) is 6.67. The highest BCUT2D eigenvalue weighted by Gasteiger charge is 2.49. The van der Waals surface area contributed by atoms with Crippen LogP contribution in [0.15, 0.2) is 22.9 Å². The minimum atomic E-state index is -0.642. The van der Waals surface area contributed by atoms with Gasteiger partial charge in [0.05, 0.1) is 16.5 Å². The Morgan fingerprint density at radius 2 is 2.22 bits per heavy atom. The van der Waals surface area contributed by atoms with E-state index in [0.29, 0.717) is 6.54 Å². The molecule has 0 bridgehead atoms. The number of carbonyl (C=O) groups is 1. The van der Waals surface area contributed by atoms with Gasteiger partial charge in [0.25, 0.3) is 0 Å². The highest BCUT2D eigenvalue weighted by Crippen LogP contribution is 2.46. The molecule has 1 unspecified atom stereocenters. The summed E-state index contributed by atoms with van der Waals surface area (Å²) in [6, 6.07) is 4.15. The number of thiazole rings is 1. The minimum absolute atomic E-state index is 0.107. The fourth-order valence-electron chi connectivity index (χ4n) is 4.15. The van der Waals surface area contributed by atoms with Crippen LogP contribution in [0.5, 0.6) is 0 Å². The fourth-order valence-corrected chi connectivity index (χ4v) is 5.78. The van der Waals surface area contributed by atoms with E-state index >= 15 is 0 Å². The predicted octanol–water partition coefficient (Wildman–Crippen LogP) is 4.09. The highest BCUT2D eigenvalue weighted by atomic mass is 32.1. The maximum Gasteiger partial charge on any atom is 0.307 e. The molecule has 23 heavy (non-hydrogen) atoms. The maximum atomic E-state index is 11.5.